The fourth-order valence-electron chi connectivity index (χ4n) is 2.73. The van der Waals surface area contributed by atoms with Crippen LogP contribution in [0.3, 0.4) is 0 Å². The zero-order chi connectivity index (χ0) is 20.7. The summed E-state index contributed by atoms with van der Waals surface area (Å²) in [5, 5.41) is 2.64. The number of nitrogens with one attached hydrogen (secondary N) is 1. The summed E-state index contributed by atoms with van der Waals surface area (Å²) >= 11 is 0. The molecule has 0 bridgehead atoms. The van der Waals surface area contributed by atoms with Crippen molar-refractivity contribution in [2.45, 2.75) is 19.3 Å². The molecule has 1 heterocycles. The number of nitrogens with zero attached hydrogens (tertiary/aromatic N) is 3. The molecule has 160 valence electrons. The minimum absolute atomic E-state index is 0. The second-order valence-corrected chi connectivity index (χ2v) is 6.14. The second kappa shape index (κ2) is 10.9. The van der Waals surface area contributed by atoms with E-state index in [9.17, 15) is 13.2 Å². The molecule has 0 aliphatic rings. The highest BCUT2D eigenvalue weighted by Gasteiger charge is 2.32. The lowest BCUT2D eigenvalue weighted by molar-refractivity contribution is -0.274. The Hall–Kier alpha value is -2.76. The highest BCUT2D eigenvalue weighted by atomic mass is 127. The molecule has 3 aromatic rings. The van der Waals surface area contributed by atoms with E-state index in [0.717, 1.165) is 11.4 Å². The summed E-state index contributed by atoms with van der Waals surface area (Å²) in [5.41, 5.74) is 7.05. The molecule has 0 fully saturated rings. The molecule has 6 nitrogen and oxygen atoms in total. The molecule has 0 spiro atoms. The van der Waals surface area contributed by atoms with Crippen LogP contribution in [0.4, 0.5) is 18.9 Å². The van der Waals surface area contributed by atoms with E-state index in [4.69, 9.17) is 5.73 Å². The third-order valence-corrected chi connectivity index (χ3v) is 3.99. The van der Waals surface area contributed by atoms with Gasteiger partial charge in [0.05, 0.1) is 5.69 Å². The summed E-state index contributed by atoms with van der Waals surface area (Å²) in [6.07, 6.45) is -0.658. The van der Waals surface area contributed by atoms with Gasteiger partial charge in [-0.1, -0.05) is 42.5 Å². The average Bonchev–Trinajstić information content (AvgIpc) is 3.10. The average molecular weight is 531 g/mol. The Morgan fingerprint density at radius 2 is 1.80 bits per heavy atom. The standard InChI is InChI=1S/C20H20F3N5O.HI/c21-20(22,23)29-17-9-5-4-8-16(17)27-19(24)26-11-10-18-25-12-13-28(18)14-15-6-2-1-3-7-15;/h1-9,12-13H,10-11,14H2,(H3,24,26,27);1H. The zero-order valence-electron chi connectivity index (χ0n) is 15.8. The molecular formula is C20H21F3IN5O. The highest BCUT2D eigenvalue weighted by Crippen LogP contribution is 2.29. The molecule has 30 heavy (non-hydrogen) atoms. The third-order valence-electron chi connectivity index (χ3n) is 3.99. The van der Waals surface area contributed by atoms with Crippen LogP contribution in [-0.4, -0.2) is 28.4 Å². The van der Waals surface area contributed by atoms with Crippen molar-refractivity contribution in [3.8, 4) is 5.75 Å². The maximum Gasteiger partial charge on any atom is 0.573 e. The maximum atomic E-state index is 12.5. The van der Waals surface area contributed by atoms with Crippen molar-refractivity contribution >= 4 is 35.6 Å². The lowest BCUT2D eigenvalue weighted by Crippen LogP contribution is -2.25. The van der Waals surface area contributed by atoms with Crippen LogP contribution < -0.4 is 15.8 Å². The Bertz CT molecular complexity index is 960. The van der Waals surface area contributed by atoms with Crippen LogP contribution in [0.5, 0.6) is 5.75 Å². The summed E-state index contributed by atoms with van der Waals surface area (Å²) in [6.45, 7) is 1.02. The number of hydrogen-bond acceptors (Lipinski definition) is 3. The van der Waals surface area contributed by atoms with Crippen LogP contribution >= 0.6 is 24.0 Å². The molecule has 2 aromatic carbocycles. The number of para-hydroxylation sites is 2. The molecule has 0 saturated carbocycles. The first-order valence-electron chi connectivity index (χ1n) is 8.86. The largest absolute Gasteiger partial charge is 0.573 e. The number of aromatic nitrogens is 2. The van der Waals surface area contributed by atoms with E-state index in [1.807, 2.05) is 41.1 Å². The van der Waals surface area contributed by atoms with Crippen molar-refractivity contribution in [2.24, 2.45) is 10.7 Å². The first kappa shape index (κ1) is 23.5. The van der Waals surface area contributed by atoms with E-state index in [1.165, 1.54) is 18.2 Å². The summed E-state index contributed by atoms with van der Waals surface area (Å²) < 4.78 is 43.5. The molecule has 0 aliphatic carbocycles. The van der Waals surface area contributed by atoms with Gasteiger partial charge < -0.3 is 20.4 Å². The van der Waals surface area contributed by atoms with Gasteiger partial charge in [0.25, 0.3) is 0 Å². The number of guanidine groups is 1. The fraction of sp³-hybridized carbons (Fsp3) is 0.200. The number of aliphatic imine (C=N–C) groups is 1. The number of alkyl halides is 3. The summed E-state index contributed by atoms with van der Waals surface area (Å²) in [6, 6.07) is 15.6. The van der Waals surface area contributed by atoms with E-state index in [-0.39, 0.29) is 41.4 Å². The molecular weight excluding hydrogens is 510 g/mol. The van der Waals surface area contributed by atoms with Gasteiger partial charge in [-0.3, -0.25) is 4.99 Å². The third kappa shape index (κ3) is 7.25. The number of imidazole rings is 1. The van der Waals surface area contributed by atoms with Gasteiger partial charge in [0.1, 0.15) is 5.82 Å². The fourth-order valence-corrected chi connectivity index (χ4v) is 2.73. The minimum atomic E-state index is -4.79. The van der Waals surface area contributed by atoms with E-state index in [2.05, 4.69) is 20.0 Å². The molecule has 1 aromatic heterocycles. The van der Waals surface area contributed by atoms with E-state index >= 15 is 0 Å². The first-order valence-corrected chi connectivity index (χ1v) is 8.86. The Labute approximate surface area is 189 Å². The molecule has 0 unspecified atom stereocenters. The smallest absolute Gasteiger partial charge is 0.404 e. The van der Waals surface area contributed by atoms with Crippen molar-refractivity contribution in [1.29, 1.82) is 0 Å². The predicted molar refractivity (Wildman–Crippen MR) is 120 cm³/mol. The van der Waals surface area contributed by atoms with Crippen molar-refractivity contribution in [3.63, 3.8) is 0 Å². The molecule has 0 aliphatic heterocycles. The number of nitrogens with two attached hydrogens (primary N) is 1. The van der Waals surface area contributed by atoms with Crippen LogP contribution in [0.25, 0.3) is 0 Å². The lowest BCUT2D eigenvalue weighted by Gasteiger charge is -2.14. The van der Waals surface area contributed by atoms with Gasteiger partial charge in [-0.25, -0.2) is 4.98 Å². The van der Waals surface area contributed by atoms with Crippen molar-refractivity contribution < 1.29 is 17.9 Å². The highest BCUT2D eigenvalue weighted by molar-refractivity contribution is 14.0. The summed E-state index contributed by atoms with van der Waals surface area (Å²) in [4.78, 5) is 8.51. The molecule has 0 atom stereocenters. The number of anilines is 1. The topological polar surface area (TPSA) is 77.5 Å². The van der Waals surface area contributed by atoms with E-state index in [0.29, 0.717) is 19.5 Å². The maximum absolute atomic E-state index is 12.5. The molecule has 0 saturated heterocycles. The van der Waals surface area contributed by atoms with E-state index in [1.54, 1.807) is 12.3 Å². The Balaban J connectivity index is 0.00000320. The number of ether oxygens (including phenoxy) is 1. The van der Waals surface area contributed by atoms with Gasteiger partial charge in [0.15, 0.2) is 11.7 Å². The molecule has 0 amide bonds. The lowest BCUT2D eigenvalue weighted by atomic mass is 10.2. The number of benzene rings is 2. The quantitative estimate of drug-likeness (QED) is 0.269. The van der Waals surface area contributed by atoms with Gasteiger partial charge >= 0.3 is 6.36 Å². The Morgan fingerprint density at radius 3 is 2.53 bits per heavy atom. The van der Waals surface area contributed by atoms with Crippen LogP contribution in [0.15, 0.2) is 72.0 Å². The van der Waals surface area contributed by atoms with Crippen LogP contribution in [0.1, 0.15) is 11.4 Å². The minimum Gasteiger partial charge on any atom is -0.404 e. The van der Waals surface area contributed by atoms with Crippen molar-refractivity contribution in [2.75, 3.05) is 11.9 Å². The van der Waals surface area contributed by atoms with E-state index < -0.39 is 6.36 Å². The summed E-state index contributed by atoms with van der Waals surface area (Å²) in [7, 11) is 0. The molecule has 3 rings (SSSR count). The Kier molecular flexibility index (Phi) is 8.51. The number of rotatable bonds is 7. The van der Waals surface area contributed by atoms with Crippen molar-refractivity contribution in [3.05, 3.63) is 78.4 Å². The van der Waals surface area contributed by atoms with Gasteiger partial charge in [0, 0.05) is 31.9 Å². The van der Waals surface area contributed by atoms with Crippen LogP contribution in [0.2, 0.25) is 0 Å². The van der Waals surface area contributed by atoms with Gasteiger partial charge in [-0.05, 0) is 17.7 Å². The van der Waals surface area contributed by atoms with Gasteiger partial charge in [-0.15, -0.1) is 37.1 Å². The first-order chi connectivity index (χ1) is 13.9. The normalized spacial score (nSPS) is 11.6. The second-order valence-electron chi connectivity index (χ2n) is 6.14. The number of halogens is 4. The SMILES string of the molecule is I.NC(=NCCc1nccn1Cc1ccccc1)Nc1ccccc1OC(F)(F)F. The number of hydrogen-bond donors (Lipinski definition) is 2. The van der Waals surface area contributed by atoms with Crippen LogP contribution in [0, 0.1) is 0 Å². The van der Waals surface area contributed by atoms with Gasteiger partial charge in [-0.2, -0.15) is 0 Å². The Morgan fingerprint density at radius 1 is 1.10 bits per heavy atom. The molecule has 0 radical (unpaired) electrons. The predicted octanol–water partition coefficient (Wildman–Crippen LogP) is 4.42. The molecule has 3 N–H and O–H groups in total. The van der Waals surface area contributed by atoms with Gasteiger partial charge in [0.2, 0.25) is 0 Å². The van der Waals surface area contributed by atoms with Crippen LogP contribution in [-0.2, 0) is 13.0 Å². The monoisotopic (exact) mass is 531 g/mol. The zero-order valence-corrected chi connectivity index (χ0v) is 18.2. The summed E-state index contributed by atoms with van der Waals surface area (Å²) in [5.74, 6) is 0.451. The molecule has 10 heteroatoms. The van der Waals surface area contributed by atoms with Crippen molar-refractivity contribution in [1.82, 2.24) is 9.55 Å².